The summed E-state index contributed by atoms with van der Waals surface area (Å²) in [4.78, 5) is 12.0. The highest BCUT2D eigenvalue weighted by molar-refractivity contribution is 9.10. The quantitative estimate of drug-likeness (QED) is 0.583. The minimum Gasteiger partial charge on any atom is -0.362 e. The largest absolute Gasteiger partial charge is 0.362 e. The van der Waals surface area contributed by atoms with Crippen LogP contribution in [0.25, 0.3) is 0 Å². The van der Waals surface area contributed by atoms with Gasteiger partial charge in [0.2, 0.25) is 0 Å². The number of hydrogen-bond donors (Lipinski definition) is 1. The van der Waals surface area contributed by atoms with Gasteiger partial charge in [-0.25, -0.2) is 0 Å². The van der Waals surface area contributed by atoms with Crippen molar-refractivity contribution in [1.29, 1.82) is 0 Å². The summed E-state index contributed by atoms with van der Waals surface area (Å²) in [6, 6.07) is 15.5. The van der Waals surface area contributed by atoms with E-state index in [0.29, 0.717) is 11.5 Å². The van der Waals surface area contributed by atoms with Gasteiger partial charge in [0.25, 0.3) is 0 Å². The first-order chi connectivity index (χ1) is 10.1. The Morgan fingerprint density at radius 3 is 2.24 bits per heavy atom. The van der Waals surface area contributed by atoms with Crippen molar-refractivity contribution in [2.45, 2.75) is 19.8 Å². The molecule has 0 fully saturated rings. The smallest absolute Gasteiger partial charge is 0.187 e. The normalized spacial score (nSPS) is 11.0. The molecule has 2 aromatic carbocycles. The molecule has 0 bridgehead atoms. The molecule has 0 spiro atoms. The van der Waals surface area contributed by atoms with E-state index in [1.54, 1.807) is 12.3 Å². The average molecular weight is 344 g/mol. The van der Waals surface area contributed by atoms with Crippen LogP contribution in [0.15, 0.2) is 65.3 Å². The molecular weight excluding hydrogens is 326 g/mol. The zero-order valence-corrected chi connectivity index (χ0v) is 13.7. The zero-order chi connectivity index (χ0) is 15.2. The third-order valence-electron chi connectivity index (χ3n) is 3.19. The molecule has 0 amide bonds. The molecule has 3 heteroatoms. The van der Waals surface area contributed by atoms with Gasteiger partial charge in [0.05, 0.1) is 0 Å². The lowest BCUT2D eigenvalue weighted by atomic mass is 10.0. The Bertz CT molecular complexity index is 627. The van der Waals surface area contributed by atoms with Crippen LogP contribution < -0.4 is 5.32 Å². The van der Waals surface area contributed by atoms with Crippen LogP contribution in [0.4, 0.5) is 5.69 Å². The molecule has 108 valence electrons. The van der Waals surface area contributed by atoms with Crippen molar-refractivity contribution in [3.63, 3.8) is 0 Å². The van der Waals surface area contributed by atoms with Gasteiger partial charge in [-0.05, 0) is 35.7 Å². The van der Waals surface area contributed by atoms with Gasteiger partial charge in [-0.15, -0.1) is 0 Å². The monoisotopic (exact) mass is 343 g/mol. The molecule has 0 aliphatic rings. The molecule has 0 atom stereocenters. The van der Waals surface area contributed by atoms with E-state index >= 15 is 0 Å². The van der Waals surface area contributed by atoms with Crippen LogP contribution in [0.5, 0.6) is 0 Å². The number of halogens is 1. The number of allylic oxidation sites excluding steroid dienone is 1. The van der Waals surface area contributed by atoms with Crippen molar-refractivity contribution in [3.8, 4) is 0 Å². The van der Waals surface area contributed by atoms with E-state index < -0.39 is 0 Å². The molecule has 2 aromatic rings. The van der Waals surface area contributed by atoms with Gasteiger partial charge < -0.3 is 5.32 Å². The second-order valence-corrected chi connectivity index (χ2v) is 6.04. The number of rotatable bonds is 5. The number of carbonyl (C=O) groups is 1. The van der Waals surface area contributed by atoms with E-state index in [1.165, 1.54) is 5.56 Å². The lowest BCUT2D eigenvalue weighted by Crippen LogP contribution is -1.97. The van der Waals surface area contributed by atoms with Gasteiger partial charge >= 0.3 is 0 Å². The third kappa shape index (κ3) is 4.57. The van der Waals surface area contributed by atoms with Crippen molar-refractivity contribution < 1.29 is 4.79 Å². The maximum atomic E-state index is 12.0. The summed E-state index contributed by atoms with van der Waals surface area (Å²) in [6.07, 6.45) is 3.22. The first-order valence-electron chi connectivity index (χ1n) is 6.89. The van der Waals surface area contributed by atoms with Gasteiger partial charge in [-0.1, -0.05) is 54.0 Å². The molecule has 0 aliphatic carbocycles. The maximum absolute atomic E-state index is 12.0. The summed E-state index contributed by atoms with van der Waals surface area (Å²) >= 11 is 3.38. The Morgan fingerprint density at radius 2 is 1.67 bits per heavy atom. The van der Waals surface area contributed by atoms with Crippen LogP contribution in [0.3, 0.4) is 0 Å². The average Bonchev–Trinajstić information content (AvgIpc) is 2.49. The molecule has 21 heavy (non-hydrogen) atoms. The maximum Gasteiger partial charge on any atom is 0.187 e. The van der Waals surface area contributed by atoms with E-state index in [9.17, 15) is 4.79 Å². The predicted molar refractivity (Wildman–Crippen MR) is 91.8 cm³/mol. The first-order valence-corrected chi connectivity index (χ1v) is 7.68. The van der Waals surface area contributed by atoms with Crippen LogP contribution in [0.1, 0.15) is 35.7 Å². The van der Waals surface area contributed by atoms with Crippen molar-refractivity contribution >= 4 is 27.4 Å². The summed E-state index contributed by atoms with van der Waals surface area (Å²) < 4.78 is 1.03. The van der Waals surface area contributed by atoms with E-state index in [0.717, 1.165) is 10.2 Å². The van der Waals surface area contributed by atoms with E-state index in [1.807, 2.05) is 48.5 Å². The van der Waals surface area contributed by atoms with E-state index in [-0.39, 0.29) is 5.78 Å². The molecular formula is C18H18BrNO. The Kier molecular flexibility index (Phi) is 5.34. The van der Waals surface area contributed by atoms with Gasteiger partial charge in [-0.3, -0.25) is 4.79 Å². The number of ketones is 1. The lowest BCUT2D eigenvalue weighted by molar-refractivity contribution is 0.104. The predicted octanol–water partition coefficient (Wildman–Crippen LogP) is 5.38. The highest BCUT2D eigenvalue weighted by atomic mass is 79.9. The number of nitrogens with one attached hydrogen (secondary N) is 1. The second kappa shape index (κ2) is 7.23. The summed E-state index contributed by atoms with van der Waals surface area (Å²) in [6.45, 7) is 4.28. The van der Waals surface area contributed by atoms with Crippen LogP contribution in [-0.2, 0) is 0 Å². The van der Waals surface area contributed by atoms with Crippen molar-refractivity contribution in [3.05, 3.63) is 76.4 Å². The summed E-state index contributed by atoms with van der Waals surface area (Å²) in [5.41, 5.74) is 2.88. The Labute approximate surface area is 134 Å². The topological polar surface area (TPSA) is 29.1 Å². The van der Waals surface area contributed by atoms with Crippen molar-refractivity contribution in [2.75, 3.05) is 5.32 Å². The van der Waals surface area contributed by atoms with E-state index in [4.69, 9.17) is 0 Å². The molecule has 0 radical (unpaired) electrons. The zero-order valence-electron chi connectivity index (χ0n) is 12.1. The van der Waals surface area contributed by atoms with Crippen LogP contribution in [-0.4, -0.2) is 5.78 Å². The van der Waals surface area contributed by atoms with Gasteiger partial charge in [-0.2, -0.15) is 0 Å². The highest BCUT2D eigenvalue weighted by Crippen LogP contribution is 2.16. The molecule has 0 aliphatic heterocycles. The van der Waals surface area contributed by atoms with Crippen LogP contribution in [0.2, 0.25) is 0 Å². The van der Waals surface area contributed by atoms with Crippen LogP contribution >= 0.6 is 15.9 Å². The van der Waals surface area contributed by atoms with Crippen molar-refractivity contribution in [1.82, 2.24) is 0 Å². The van der Waals surface area contributed by atoms with Crippen molar-refractivity contribution in [2.24, 2.45) is 0 Å². The third-order valence-corrected chi connectivity index (χ3v) is 3.72. The Balaban J connectivity index is 1.97. The molecule has 0 heterocycles. The number of anilines is 1. The molecule has 0 saturated heterocycles. The van der Waals surface area contributed by atoms with Gasteiger partial charge in [0, 0.05) is 28.0 Å². The fourth-order valence-electron chi connectivity index (χ4n) is 1.89. The Morgan fingerprint density at radius 1 is 1.05 bits per heavy atom. The number of hydrogen-bond acceptors (Lipinski definition) is 2. The summed E-state index contributed by atoms with van der Waals surface area (Å²) in [7, 11) is 0. The van der Waals surface area contributed by atoms with Gasteiger partial charge in [0.1, 0.15) is 0 Å². The first kappa shape index (κ1) is 15.5. The molecule has 0 aromatic heterocycles. The molecule has 1 N–H and O–H groups in total. The highest BCUT2D eigenvalue weighted by Gasteiger charge is 2.03. The molecule has 2 rings (SSSR count). The molecule has 0 unspecified atom stereocenters. The minimum atomic E-state index is -0.00471. The van der Waals surface area contributed by atoms with E-state index in [2.05, 4.69) is 35.1 Å². The second-order valence-electron chi connectivity index (χ2n) is 5.13. The fraction of sp³-hybridized carbons (Fsp3) is 0.167. The van der Waals surface area contributed by atoms with Crippen LogP contribution in [0, 0.1) is 0 Å². The standard InChI is InChI=1S/C18H18BrNO/c1-13(2)14-3-5-15(6-4-14)18(21)11-12-20-17-9-7-16(19)8-10-17/h3-13,20H,1-2H3/b12-11+. The molecule has 0 saturated carbocycles. The molecule has 2 nitrogen and oxygen atoms in total. The Hall–Kier alpha value is -1.87. The fourth-order valence-corrected chi connectivity index (χ4v) is 2.15. The summed E-state index contributed by atoms with van der Waals surface area (Å²) in [5.74, 6) is 0.471. The number of benzene rings is 2. The SMILES string of the molecule is CC(C)c1ccc(C(=O)/C=C/Nc2ccc(Br)cc2)cc1. The lowest BCUT2D eigenvalue weighted by Gasteiger charge is -2.05. The number of carbonyl (C=O) groups excluding carboxylic acids is 1. The minimum absolute atomic E-state index is 0.00471. The van der Waals surface area contributed by atoms with Gasteiger partial charge in [0.15, 0.2) is 5.78 Å². The summed E-state index contributed by atoms with van der Waals surface area (Å²) in [5, 5.41) is 3.08.